The number of hydrogen-bond donors (Lipinski definition) is 1. The normalized spacial score (nSPS) is 10.7. The molecule has 4 heteroatoms. The summed E-state index contributed by atoms with van der Waals surface area (Å²) in [6.07, 6.45) is 1.21. The predicted octanol–water partition coefficient (Wildman–Crippen LogP) is 4.53. The van der Waals surface area contributed by atoms with E-state index in [9.17, 15) is 9.59 Å². The van der Waals surface area contributed by atoms with Crippen molar-refractivity contribution in [2.45, 2.75) is 46.0 Å². The maximum absolute atomic E-state index is 12.2. The van der Waals surface area contributed by atoms with Crippen LogP contribution in [-0.2, 0) is 11.2 Å². The maximum atomic E-state index is 12.2. The van der Waals surface area contributed by atoms with Crippen molar-refractivity contribution in [3.8, 4) is 5.75 Å². The molecule has 1 amide bonds. The van der Waals surface area contributed by atoms with E-state index in [4.69, 9.17) is 4.74 Å². The van der Waals surface area contributed by atoms with Crippen molar-refractivity contribution >= 4 is 11.7 Å². The Morgan fingerprint density at radius 1 is 0.963 bits per heavy atom. The molecule has 2 aromatic carbocycles. The molecule has 0 radical (unpaired) electrons. The molecular weight excluding hydrogens is 338 g/mol. The molecule has 0 saturated carbocycles. The van der Waals surface area contributed by atoms with Gasteiger partial charge in [-0.15, -0.1) is 0 Å². The van der Waals surface area contributed by atoms with E-state index in [1.165, 1.54) is 11.1 Å². The standard InChI is InChI=1S/C23H29NO3/c1-4-27-21-11-9-20(10-12-21)22(25)13-14-23(26)24-16-15-18-5-7-19(8-6-18)17(2)3/h5-12,17H,4,13-16H2,1-3H3,(H,24,26). The average molecular weight is 367 g/mol. The lowest BCUT2D eigenvalue weighted by atomic mass is 10.0. The van der Waals surface area contributed by atoms with E-state index in [0.717, 1.165) is 12.2 Å². The first kappa shape index (κ1) is 20.7. The molecule has 0 fully saturated rings. The van der Waals surface area contributed by atoms with Gasteiger partial charge in [0, 0.05) is 24.9 Å². The molecule has 2 rings (SSSR count). The number of carbonyl (C=O) groups is 2. The van der Waals surface area contributed by atoms with Crippen LogP contribution < -0.4 is 10.1 Å². The molecule has 0 aliphatic heterocycles. The van der Waals surface area contributed by atoms with E-state index in [1.54, 1.807) is 24.3 Å². The fourth-order valence-electron chi connectivity index (χ4n) is 2.78. The Morgan fingerprint density at radius 3 is 2.22 bits per heavy atom. The smallest absolute Gasteiger partial charge is 0.220 e. The highest BCUT2D eigenvalue weighted by Gasteiger charge is 2.09. The van der Waals surface area contributed by atoms with Crippen molar-refractivity contribution in [2.24, 2.45) is 0 Å². The number of ether oxygens (including phenoxy) is 1. The second-order valence-corrected chi connectivity index (χ2v) is 6.88. The molecule has 0 aliphatic rings. The van der Waals surface area contributed by atoms with Gasteiger partial charge < -0.3 is 10.1 Å². The molecule has 0 bridgehead atoms. The summed E-state index contributed by atoms with van der Waals surface area (Å²) in [7, 11) is 0. The van der Waals surface area contributed by atoms with Crippen LogP contribution in [0.4, 0.5) is 0 Å². The summed E-state index contributed by atoms with van der Waals surface area (Å²) in [5.74, 6) is 1.14. The number of benzene rings is 2. The van der Waals surface area contributed by atoms with E-state index < -0.39 is 0 Å². The second kappa shape index (κ2) is 10.5. The van der Waals surface area contributed by atoms with E-state index in [-0.39, 0.29) is 24.5 Å². The molecule has 0 atom stereocenters. The zero-order valence-electron chi connectivity index (χ0n) is 16.5. The SMILES string of the molecule is CCOc1ccc(C(=O)CCC(=O)NCCc2ccc(C(C)C)cc2)cc1. The molecule has 0 aromatic heterocycles. The number of amides is 1. The third kappa shape index (κ3) is 6.89. The van der Waals surface area contributed by atoms with Gasteiger partial charge in [0.2, 0.25) is 5.91 Å². The average Bonchev–Trinajstić information content (AvgIpc) is 2.67. The molecule has 144 valence electrons. The Kier molecular flexibility index (Phi) is 8.05. The van der Waals surface area contributed by atoms with Crippen LogP contribution in [-0.4, -0.2) is 24.8 Å². The number of Topliss-reactive ketones (excluding diaryl/α,β-unsaturated/α-hetero) is 1. The molecule has 0 spiro atoms. The number of ketones is 1. The molecule has 2 aromatic rings. The molecule has 0 saturated heterocycles. The van der Waals surface area contributed by atoms with Gasteiger partial charge in [0.15, 0.2) is 5.78 Å². The van der Waals surface area contributed by atoms with Crippen molar-refractivity contribution in [3.05, 3.63) is 65.2 Å². The summed E-state index contributed by atoms with van der Waals surface area (Å²) in [6.45, 7) is 7.43. The molecular formula is C23H29NO3. The second-order valence-electron chi connectivity index (χ2n) is 6.88. The quantitative estimate of drug-likeness (QED) is 0.628. The lowest BCUT2D eigenvalue weighted by Crippen LogP contribution is -2.26. The lowest BCUT2D eigenvalue weighted by molar-refractivity contribution is -0.121. The monoisotopic (exact) mass is 367 g/mol. The van der Waals surface area contributed by atoms with Crippen LogP contribution in [0.3, 0.4) is 0 Å². The van der Waals surface area contributed by atoms with Crippen LogP contribution in [0.5, 0.6) is 5.75 Å². The van der Waals surface area contributed by atoms with E-state index >= 15 is 0 Å². The zero-order chi connectivity index (χ0) is 19.6. The Bertz CT molecular complexity index is 733. The topological polar surface area (TPSA) is 55.4 Å². The van der Waals surface area contributed by atoms with Crippen molar-refractivity contribution in [3.63, 3.8) is 0 Å². The third-order valence-electron chi connectivity index (χ3n) is 4.45. The number of rotatable bonds is 10. The van der Waals surface area contributed by atoms with Gasteiger partial charge in [-0.3, -0.25) is 9.59 Å². The van der Waals surface area contributed by atoms with Gasteiger partial charge in [0.1, 0.15) is 5.75 Å². The van der Waals surface area contributed by atoms with Gasteiger partial charge in [-0.25, -0.2) is 0 Å². The van der Waals surface area contributed by atoms with Crippen molar-refractivity contribution in [1.82, 2.24) is 5.32 Å². The molecule has 0 unspecified atom stereocenters. The number of nitrogens with one attached hydrogen (secondary N) is 1. The molecule has 0 aliphatic carbocycles. The minimum atomic E-state index is -0.0897. The summed E-state index contributed by atoms with van der Waals surface area (Å²) in [4.78, 5) is 24.1. The Hall–Kier alpha value is -2.62. The third-order valence-corrected chi connectivity index (χ3v) is 4.45. The van der Waals surface area contributed by atoms with Crippen molar-refractivity contribution < 1.29 is 14.3 Å². The van der Waals surface area contributed by atoms with Crippen molar-refractivity contribution in [1.29, 1.82) is 0 Å². The van der Waals surface area contributed by atoms with Crippen LogP contribution in [0.2, 0.25) is 0 Å². The highest BCUT2D eigenvalue weighted by Crippen LogP contribution is 2.15. The van der Waals surface area contributed by atoms with Crippen molar-refractivity contribution in [2.75, 3.05) is 13.2 Å². The van der Waals surface area contributed by atoms with Crippen LogP contribution >= 0.6 is 0 Å². The summed E-state index contributed by atoms with van der Waals surface area (Å²) < 4.78 is 5.36. The van der Waals surface area contributed by atoms with Crippen LogP contribution in [0.1, 0.15) is 61.0 Å². The van der Waals surface area contributed by atoms with Gasteiger partial charge in [0.05, 0.1) is 6.61 Å². The van der Waals surface area contributed by atoms with Gasteiger partial charge >= 0.3 is 0 Å². The Balaban J connectivity index is 1.70. The Morgan fingerprint density at radius 2 is 1.63 bits per heavy atom. The van der Waals surface area contributed by atoms with Crippen LogP contribution in [0, 0.1) is 0 Å². The molecule has 0 heterocycles. The lowest BCUT2D eigenvalue weighted by Gasteiger charge is -2.08. The van der Waals surface area contributed by atoms with Crippen LogP contribution in [0.15, 0.2) is 48.5 Å². The zero-order valence-corrected chi connectivity index (χ0v) is 16.5. The van der Waals surface area contributed by atoms with Gasteiger partial charge in [-0.2, -0.15) is 0 Å². The maximum Gasteiger partial charge on any atom is 0.220 e. The minimum Gasteiger partial charge on any atom is -0.494 e. The van der Waals surface area contributed by atoms with E-state index in [2.05, 4.69) is 43.4 Å². The number of hydrogen-bond acceptors (Lipinski definition) is 3. The van der Waals surface area contributed by atoms with E-state index in [0.29, 0.717) is 24.6 Å². The first-order chi connectivity index (χ1) is 13.0. The first-order valence-corrected chi connectivity index (χ1v) is 9.61. The van der Waals surface area contributed by atoms with Gasteiger partial charge in [0.25, 0.3) is 0 Å². The van der Waals surface area contributed by atoms with Crippen LogP contribution in [0.25, 0.3) is 0 Å². The molecule has 27 heavy (non-hydrogen) atoms. The largest absolute Gasteiger partial charge is 0.494 e. The summed E-state index contributed by atoms with van der Waals surface area (Å²) in [5, 5.41) is 2.89. The fraction of sp³-hybridized carbons (Fsp3) is 0.391. The summed E-state index contributed by atoms with van der Waals surface area (Å²) in [6, 6.07) is 15.5. The highest BCUT2D eigenvalue weighted by atomic mass is 16.5. The summed E-state index contributed by atoms with van der Waals surface area (Å²) >= 11 is 0. The predicted molar refractivity (Wildman–Crippen MR) is 108 cm³/mol. The van der Waals surface area contributed by atoms with E-state index in [1.807, 2.05) is 6.92 Å². The molecule has 4 nitrogen and oxygen atoms in total. The fourth-order valence-corrected chi connectivity index (χ4v) is 2.78. The Labute approximate surface area is 161 Å². The van der Waals surface area contributed by atoms with Gasteiger partial charge in [-0.05, 0) is 54.7 Å². The summed E-state index contributed by atoms with van der Waals surface area (Å²) in [5.41, 5.74) is 3.12. The highest BCUT2D eigenvalue weighted by molar-refractivity contribution is 5.98. The minimum absolute atomic E-state index is 0.0301. The van der Waals surface area contributed by atoms with Gasteiger partial charge in [-0.1, -0.05) is 38.1 Å². The first-order valence-electron chi connectivity index (χ1n) is 9.61. The molecule has 1 N–H and O–H groups in total. The number of carbonyl (C=O) groups excluding carboxylic acids is 2.